The van der Waals surface area contributed by atoms with E-state index in [-0.39, 0.29) is 36.7 Å². The Labute approximate surface area is 164 Å². The molecule has 0 spiro atoms. The first-order chi connectivity index (χ1) is 12.1. The Balaban J connectivity index is 0.00000338. The quantitative estimate of drug-likeness (QED) is 0.669. The highest BCUT2D eigenvalue weighted by Gasteiger charge is 2.11. The lowest BCUT2D eigenvalue weighted by atomic mass is 10.0. The minimum atomic E-state index is -0.333. The highest BCUT2D eigenvalue weighted by molar-refractivity contribution is 7.99. The van der Waals surface area contributed by atoms with Crippen molar-refractivity contribution in [2.75, 3.05) is 18.2 Å². The molecule has 0 saturated heterocycles. The number of rotatable bonds is 8. The molecule has 1 amide bonds. The first-order valence-electron chi connectivity index (χ1n) is 7.92. The van der Waals surface area contributed by atoms with Gasteiger partial charge in [0, 0.05) is 23.9 Å². The second kappa shape index (κ2) is 11.6. The summed E-state index contributed by atoms with van der Waals surface area (Å²) in [4.78, 5) is 23.3. The van der Waals surface area contributed by atoms with Gasteiger partial charge in [-0.3, -0.25) is 9.59 Å². The predicted molar refractivity (Wildman–Crippen MR) is 108 cm³/mol. The lowest BCUT2D eigenvalue weighted by molar-refractivity contribution is -0.137. The molecule has 0 fully saturated rings. The molecule has 2 aromatic rings. The maximum atomic E-state index is 12.2. The van der Waals surface area contributed by atoms with Gasteiger partial charge in [-0.2, -0.15) is 0 Å². The summed E-state index contributed by atoms with van der Waals surface area (Å²) >= 11 is 1.47. The molecule has 26 heavy (non-hydrogen) atoms. The SMILES string of the molecule is COC(=O)CSCc1cccc(NC(=O)CC(N)c2ccccc2)c1.Cl. The van der Waals surface area contributed by atoms with Gasteiger partial charge in [0.2, 0.25) is 5.91 Å². The summed E-state index contributed by atoms with van der Waals surface area (Å²) < 4.78 is 4.61. The number of thioether (sulfide) groups is 1. The monoisotopic (exact) mass is 394 g/mol. The van der Waals surface area contributed by atoms with E-state index in [0.29, 0.717) is 11.5 Å². The zero-order valence-electron chi connectivity index (χ0n) is 14.5. The fraction of sp³-hybridized carbons (Fsp3) is 0.263. The Bertz CT molecular complexity index is 713. The highest BCUT2D eigenvalue weighted by Crippen LogP contribution is 2.18. The number of anilines is 1. The van der Waals surface area contributed by atoms with E-state index in [9.17, 15) is 9.59 Å². The number of ether oxygens (including phenoxy) is 1. The summed E-state index contributed by atoms with van der Waals surface area (Å²) in [5.74, 6) is 0.599. The third-order valence-corrected chi connectivity index (χ3v) is 4.54. The largest absolute Gasteiger partial charge is 0.468 e. The molecule has 3 N–H and O–H groups in total. The molecule has 0 aliphatic rings. The number of carbonyl (C=O) groups excluding carboxylic acids is 2. The number of carbonyl (C=O) groups is 2. The Kier molecular flexibility index (Phi) is 9.80. The van der Waals surface area contributed by atoms with Crippen LogP contribution in [0.25, 0.3) is 0 Å². The second-order valence-corrected chi connectivity index (χ2v) is 6.52. The Hall–Kier alpha value is -2.02. The van der Waals surface area contributed by atoms with Gasteiger partial charge in [0.15, 0.2) is 0 Å². The number of esters is 1. The third kappa shape index (κ3) is 7.47. The van der Waals surface area contributed by atoms with Gasteiger partial charge in [0.25, 0.3) is 0 Å². The van der Waals surface area contributed by atoms with Gasteiger partial charge in [-0.1, -0.05) is 42.5 Å². The first-order valence-corrected chi connectivity index (χ1v) is 9.08. The van der Waals surface area contributed by atoms with Gasteiger partial charge >= 0.3 is 5.97 Å². The number of hydrogen-bond acceptors (Lipinski definition) is 5. The number of benzene rings is 2. The molecule has 1 unspecified atom stereocenters. The van der Waals surface area contributed by atoms with E-state index in [2.05, 4.69) is 10.1 Å². The number of nitrogens with two attached hydrogens (primary N) is 1. The Morgan fingerprint density at radius 1 is 1.15 bits per heavy atom. The Morgan fingerprint density at radius 3 is 2.58 bits per heavy atom. The van der Waals surface area contributed by atoms with Crippen LogP contribution in [0.4, 0.5) is 5.69 Å². The number of hydrogen-bond donors (Lipinski definition) is 2. The maximum absolute atomic E-state index is 12.2. The van der Waals surface area contributed by atoms with Gasteiger partial charge in [0.1, 0.15) is 0 Å². The van der Waals surface area contributed by atoms with Crippen molar-refractivity contribution in [3.8, 4) is 0 Å². The van der Waals surface area contributed by atoms with Crippen LogP contribution in [0.15, 0.2) is 54.6 Å². The predicted octanol–water partition coefficient (Wildman–Crippen LogP) is 3.54. The van der Waals surface area contributed by atoms with Crippen LogP contribution in [0.1, 0.15) is 23.6 Å². The number of nitrogens with one attached hydrogen (secondary N) is 1. The zero-order valence-corrected chi connectivity index (χ0v) is 16.1. The molecule has 0 bridgehead atoms. The highest BCUT2D eigenvalue weighted by atomic mass is 35.5. The van der Waals surface area contributed by atoms with Crippen LogP contribution in [0.2, 0.25) is 0 Å². The molecule has 7 heteroatoms. The van der Waals surface area contributed by atoms with Crippen molar-refractivity contribution in [1.29, 1.82) is 0 Å². The van der Waals surface area contributed by atoms with Crippen molar-refractivity contribution in [3.63, 3.8) is 0 Å². The fourth-order valence-corrected chi connectivity index (χ4v) is 3.08. The summed E-state index contributed by atoms with van der Waals surface area (Å²) in [6, 6.07) is 16.8. The molecule has 1 atom stereocenters. The van der Waals surface area contributed by atoms with Gasteiger partial charge in [-0.05, 0) is 23.3 Å². The van der Waals surface area contributed by atoms with E-state index in [0.717, 1.165) is 16.8 Å². The van der Waals surface area contributed by atoms with Crippen molar-refractivity contribution in [1.82, 2.24) is 0 Å². The van der Waals surface area contributed by atoms with Crippen molar-refractivity contribution < 1.29 is 14.3 Å². The molecule has 2 rings (SSSR count). The molecular weight excluding hydrogens is 372 g/mol. The van der Waals surface area contributed by atoms with E-state index in [4.69, 9.17) is 5.73 Å². The zero-order chi connectivity index (χ0) is 18.1. The number of halogens is 1. The van der Waals surface area contributed by atoms with E-state index in [1.807, 2.05) is 54.6 Å². The smallest absolute Gasteiger partial charge is 0.315 e. The van der Waals surface area contributed by atoms with Gasteiger partial charge < -0.3 is 15.8 Å². The lowest BCUT2D eigenvalue weighted by Gasteiger charge is -2.12. The fourth-order valence-electron chi connectivity index (χ4n) is 2.28. The lowest BCUT2D eigenvalue weighted by Crippen LogP contribution is -2.20. The van der Waals surface area contributed by atoms with Gasteiger partial charge in [-0.15, -0.1) is 24.2 Å². The van der Waals surface area contributed by atoms with E-state index in [1.54, 1.807) is 0 Å². The molecule has 0 radical (unpaired) electrons. The van der Waals surface area contributed by atoms with Gasteiger partial charge in [-0.25, -0.2) is 0 Å². The topological polar surface area (TPSA) is 81.4 Å². The van der Waals surface area contributed by atoms with E-state index < -0.39 is 0 Å². The van der Waals surface area contributed by atoms with Crippen LogP contribution < -0.4 is 11.1 Å². The average molecular weight is 395 g/mol. The molecule has 0 aliphatic carbocycles. The molecule has 5 nitrogen and oxygen atoms in total. The van der Waals surface area contributed by atoms with E-state index >= 15 is 0 Å². The van der Waals surface area contributed by atoms with Crippen molar-refractivity contribution in [2.45, 2.75) is 18.2 Å². The van der Waals surface area contributed by atoms with Crippen molar-refractivity contribution >= 4 is 41.7 Å². The summed E-state index contributed by atoms with van der Waals surface area (Å²) in [5, 5.41) is 2.87. The third-order valence-electron chi connectivity index (χ3n) is 3.56. The van der Waals surface area contributed by atoms with Crippen LogP contribution in [0, 0.1) is 0 Å². The van der Waals surface area contributed by atoms with Crippen LogP contribution >= 0.6 is 24.2 Å². The van der Waals surface area contributed by atoms with Crippen molar-refractivity contribution in [3.05, 3.63) is 65.7 Å². The minimum absolute atomic E-state index is 0. The number of amides is 1. The van der Waals surface area contributed by atoms with Crippen molar-refractivity contribution in [2.24, 2.45) is 5.73 Å². The molecule has 140 valence electrons. The summed E-state index contributed by atoms with van der Waals surface area (Å²) in [6.07, 6.45) is 0.214. The summed E-state index contributed by atoms with van der Waals surface area (Å²) in [5.41, 5.74) is 8.76. The average Bonchev–Trinajstić information content (AvgIpc) is 2.62. The summed E-state index contributed by atoms with van der Waals surface area (Å²) in [6.45, 7) is 0. The summed E-state index contributed by atoms with van der Waals surface area (Å²) in [7, 11) is 1.37. The Morgan fingerprint density at radius 2 is 1.88 bits per heavy atom. The standard InChI is InChI=1S/C19H22N2O3S.ClH/c1-24-19(23)13-25-12-14-6-5-9-16(10-14)21-18(22)11-17(20)15-7-3-2-4-8-15;/h2-10,17H,11-13,20H2,1H3,(H,21,22);1H. The normalized spacial score (nSPS) is 11.2. The number of methoxy groups -OCH3 is 1. The van der Waals surface area contributed by atoms with Crippen LogP contribution in [0.3, 0.4) is 0 Å². The maximum Gasteiger partial charge on any atom is 0.315 e. The van der Waals surface area contributed by atoms with Gasteiger partial charge in [0.05, 0.1) is 12.9 Å². The van der Waals surface area contributed by atoms with Crippen LogP contribution in [0.5, 0.6) is 0 Å². The first kappa shape index (κ1) is 22.0. The van der Waals surface area contributed by atoms with Crippen LogP contribution in [-0.2, 0) is 20.1 Å². The van der Waals surface area contributed by atoms with E-state index in [1.165, 1.54) is 18.9 Å². The van der Waals surface area contributed by atoms with Crippen LogP contribution in [-0.4, -0.2) is 24.7 Å². The minimum Gasteiger partial charge on any atom is -0.468 e. The molecule has 0 aliphatic heterocycles. The molecule has 0 saturated carbocycles. The molecule has 0 heterocycles. The molecule has 0 aromatic heterocycles. The molecule has 2 aromatic carbocycles. The molecular formula is C19H23ClN2O3S. The second-order valence-electron chi connectivity index (χ2n) is 5.54.